The lowest BCUT2D eigenvalue weighted by Gasteiger charge is -1.99. The molecule has 0 unspecified atom stereocenters. The van der Waals surface area contributed by atoms with E-state index in [2.05, 4.69) is 4.98 Å². The predicted octanol–water partition coefficient (Wildman–Crippen LogP) is 0.481. The maximum Gasteiger partial charge on any atom is 0.310 e. The van der Waals surface area contributed by atoms with Gasteiger partial charge < -0.3 is 9.72 Å². The van der Waals surface area contributed by atoms with Crippen LogP contribution in [0.25, 0.3) is 0 Å². The van der Waals surface area contributed by atoms with Crippen molar-refractivity contribution >= 4 is 5.97 Å². The van der Waals surface area contributed by atoms with E-state index in [0.29, 0.717) is 12.2 Å². The number of esters is 1. The molecule has 1 aromatic rings. The molecule has 0 aliphatic rings. The van der Waals surface area contributed by atoms with E-state index < -0.39 is 0 Å². The van der Waals surface area contributed by atoms with Crippen LogP contribution in [0.2, 0.25) is 0 Å². The van der Waals surface area contributed by atoms with Gasteiger partial charge in [-0.1, -0.05) is 0 Å². The van der Waals surface area contributed by atoms with Crippen molar-refractivity contribution in [2.75, 3.05) is 6.61 Å². The molecule has 13 heavy (non-hydrogen) atoms. The van der Waals surface area contributed by atoms with E-state index in [1.165, 1.54) is 18.5 Å². The minimum absolute atomic E-state index is 0.0318. The minimum Gasteiger partial charge on any atom is -0.466 e. The summed E-state index contributed by atoms with van der Waals surface area (Å²) in [5.74, 6) is -0.376. The van der Waals surface area contributed by atoms with Crippen LogP contribution in [0.4, 0.5) is 0 Å². The highest BCUT2D eigenvalue weighted by Gasteiger charge is 2.05. The van der Waals surface area contributed by atoms with Gasteiger partial charge in [0.25, 0.3) is 0 Å². The van der Waals surface area contributed by atoms with Crippen molar-refractivity contribution in [2.24, 2.45) is 0 Å². The molecule has 0 aromatic carbocycles. The first-order valence-corrected chi connectivity index (χ1v) is 4.05. The van der Waals surface area contributed by atoms with Gasteiger partial charge in [-0.25, -0.2) is 0 Å². The van der Waals surface area contributed by atoms with Crippen LogP contribution in [-0.4, -0.2) is 17.6 Å². The van der Waals surface area contributed by atoms with Crippen molar-refractivity contribution in [1.29, 1.82) is 0 Å². The van der Waals surface area contributed by atoms with Crippen molar-refractivity contribution in [2.45, 2.75) is 13.3 Å². The van der Waals surface area contributed by atoms with Crippen LogP contribution in [0.15, 0.2) is 23.3 Å². The summed E-state index contributed by atoms with van der Waals surface area (Å²) in [6, 6.07) is 1.38. The first-order chi connectivity index (χ1) is 6.24. The number of ether oxygens (including phenoxy) is 1. The van der Waals surface area contributed by atoms with E-state index >= 15 is 0 Å². The summed E-state index contributed by atoms with van der Waals surface area (Å²) in [6.45, 7) is 2.07. The van der Waals surface area contributed by atoms with Crippen molar-refractivity contribution < 1.29 is 9.53 Å². The summed E-state index contributed by atoms with van der Waals surface area (Å²) in [5, 5.41) is 0. The fourth-order valence-corrected chi connectivity index (χ4v) is 0.956. The monoisotopic (exact) mass is 181 g/mol. The molecule has 4 heteroatoms. The number of hydrogen-bond acceptors (Lipinski definition) is 3. The molecule has 4 nitrogen and oxygen atoms in total. The molecule has 1 rings (SSSR count). The van der Waals surface area contributed by atoms with Crippen LogP contribution in [0.3, 0.4) is 0 Å². The van der Waals surface area contributed by atoms with Crippen LogP contribution in [0.1, 0.15) is 12.5 Å². The van der Waals surface area contributed by atoms with E-state index in [4.69, 9.17) is 4.74 Å². The lowest BCUT2D eigenvalue weighted by molar-refractivity contribution is -0.142. The Morgan fingerprint density at radius 2 is 2.38 bits per heavy atom. The van der Waals surface area contributed by atoms with Crippen LogP contribution < -0.4 is 5.43 Å². The standard InChI is InChI=1S/C9H11NO3/c1-2-13-9(12)5-7-6-10-4-3-8(7)11/h3-4,6H,2,5H2,1H3,(H,10,11). The predicted molar refractivity (Wildman–Crippen MR) is 47.4 cm³/mol. The molecule has 0 amide bonds. The maximum absolute atomic E-state index is 11.1. The lowest BCUT2D eigenvalue weighted by Crippen LogP contribution is -2.15. The Bertz CT molecular complexity index is 343. The van der Waals surface area contributed by atoms with Crippen LogP contribution >= 0.6 is 0 Å². The summed E-state index contributed by atoms with van der Waals surface area (Å²) < 4.78 is 4.71. The zero-order chi connectivity index (χ0) is 9.68. The molecule has 0 saturated carbocycles. The Labute approximate surface area is 75.5 Å². The van der Waals surface area contributed by atoms with Crippen molar-refractivity contribution in [3.8, 4) is 0 Å². The van der Waals surface area contributed by atoms with Gasteiger partial charge in [-0.05, 0) is 6.92 Å². The van der Waals surface area contributed by atoms with Gasteiger partial charge >= 0.3 is 5.97 Å². The molecule has 1 aromatic heterocycles. The fourth-order valence-electron chi connectivity index (χ4n) is 0.956. The van der Waals surface area contributed by atoms with E-state index in [0.717, 1.165) is 0 Å². The molecule has 0 saturated heterocycles. The number of H-pyrrole nitrogens is 1. The number of aromatic amines is 1. The highest BCUT2D eigenvalue weighted by atomic mass is 16.5. The Balaban J connectivity index is 2.69. The molecule has 1 heterocycles. The van der Waals surface area contributed by atoms with Gasteiger partial charge in [0, 0.05) is 24.0 Å². The van der Waals surface area contributed by atoms with Crippen LogP contribution in [0, 0.1) is 0 Å². The van der Waals surface area contributed by atoms with E-state index in [-0.39, 0.29) is 17.8 Å². The van der Waals surface area contributed by atoms with Gasteiger partial charge in [0.05, 0.1) is 13.0 Å². The summed E-state index contributed by atoms with van der Waals surface area (Å²) in [7, 11) is 0. The highest BCUT2D eigenvalue weighted by Crippen LogP contribution is 1.92. The van der Waals surface area contributed by atoms with Crippen molar-refractivity contribution in [3.05, 3.63) is 34.2 Å². The second-order valence-corrected chi connectivity index (χ2v) is 2.52. The Hall–Kier alpha value is -1.58. The number of pyridine rings is 1. The number of aromatic nitrogens is 1. The molecule has 0 atom stereocenters. The molecular weight excluding hydrogens is 170 g/mol. The number of carbonyl (C=O) groups is 1. The van der Waals surface area contributed by atoms with Gasteiger partial charge in [0.2, 0.25) is 0 Å². The molecule has 0 aliphatic carbocycles. The number of rotatable bonds is 3. The molecule has 0 aliphatic heterocycles. The molecular formula is C9H11NO3. The highest BCUT2D eigenvalue weighted by molar-refractivity contribution is 5.72. The lowest BCUT2D eigenvalue weighted by atomic mass is 10.2. The van der Waals surface area contributed by atoms with Gasteiger partial charge in [0.15, 0.2) is 5.43 Å². The summed E-state index contributed by atoms with van der Waals surface area (Å²) in [5.41, 5.74) is 0.285. The first kappa shape index (κ1) is 9.51. The van der Waals surface area contributed by atoms with Gasteiger partial charge in [-0.2, -0.15) is 0 Å². The second kappa shape index (κ2) is 4.45. The SMILES string of the molecule is CCOC(=O)Cc1c[nH]ccc1=O. The average Bonchev–Trinajstić information content (AvgIpc) is 2.09. The summed E-state index contributed by atoms with van der Waals surface area (Å²) in [4.78, 5) is 24.9. The van der Waals surface area contributed by atoms with Crippen LogP contribution in [-0.2, 0) is 16.0 Å². The zero-order valence-electron chi connectivity index (χ0n) is 7.37. The topological polar surface area (TPSA) is 59.2 Å². The summed E-state index contributed by atoms with van der Waals surface area (Å²) >= 11 is 0. The average molecular weight is 181 g/mol. The Morgan fingerprint density at radius 1 is 1.62 bits per heavy atom. The van der Waals surface area contributed by atoms with E-state index in [1.807, 2.05) is 0 Å². The minimum atomic E-state index is -0.376. The van der Waals surface area contributed by atoms with Gasteiger partial charge in [0.1, 0.15) is 0 Å². The third kappa shape index (κ3) is 2.74. The molecule has 0 radical (unpaired) electrons. The largest absolute Gasteiger partial charge is 0.466 e. The zero-order valence-corrected chi connectivity index (χ0v) is 7.37. The molecule has 0 spiro atoms. The van der Waals surface area contributed by atoms with E-state index in [1.54, 1.807) is 6.92 Å². The number of nitrogens with one attached hydrogen (secondary N) is 1. The molecule has 0 fully saturated rings. The fraction of sp³-hybridized carbons (Fsp3) is 0.333. The normalized spacial score (nSPS) is 9.62. The number of hydrogen-bond donors (Lipinski definition) is 1. The maximum atomic E-state index is 11.1. The second-order valence-electron chi connectivity index (χ2n) is 2.52. The van der Waals surface area contributed by atoms with Crippen molar-refractivity contribution in [1.82, 2.24) is 4.98 Å². The Morgan fingerprint density at radius 3 is 3.00 bits per heavy atom. The smallest absolute Gasteiger partial charge is 0.310 e. The van der Waals surface area contributed by atoms with Gasteiger partial charge in [-0.15, -0.1) is 0 Å². The third-order valence-electron chi connectivity index (χ3n) is 1.55. The van der Waals surface area contributed by atoms with Crippen molar-refractivity contribution in [3.63, 3.8) is 0 Å². The quantitative estimate of drug-likeness (QED) is 0.690. The summed E-state index contributed by atoms with van der Waals surface area (Å²) in [6.07, 6.45) is 3.07. The van der Waals surface area contributed by atoms with E-state index in [9.17, 15) is 9.59 Å². The molecule has 0 bridgehead atoms. The van der Waals surface area contributed by atoms with Gasteiger partial charge in [-0.3, -0.25) is 9.59 Å². The first-order valence-electron chi connectivity index (χ1n) is 4.05. The number of carbonyl (C=O) groups excluding carboxylic acids is 1. The Kier molecular flexibility index (Phi) is 3.25. The van der Waals surface area contributed by atoms with Crippen LogP contribution in [0.5, 0.6) is 0 Å². The molecule has 70 valence electrons. The third-order valence-corrected chi connectivity index (χ3v) is 1.55. The molecule has 1 N–H and O–H groups in total.